The van der Waals surface area contributed by atoms with Crippen LogP contribution < -0.4 is 0 Å². The number of carbonyl (C=O) groups excluding carboxylic acids is 2. The largest absolute Gasteiger partial charge is 0.444 e. The van der Waals surface area contributed by atoms with Crippen molar-refractivity contribution in [1.29, 1.82) is 0 Å². The number of Topliss-reactive ketones (excluding diaryl/α,β-unsaturated/α-hetero) is 1. The van der Waals surface area contributed by atoms with E-state index in [1.165, 1.54) is 0 Å². The van der Waals surface area contributed by atoms with Crippen LogP contribution in [0.5, 0.6) is 0 Å². The van der Waals surface area contributed by atoms with Crippen LogP contribution in [0, 0.1) is 5.92 Å². The maximum absolute atomic E-state index is 12.6. The molecule has 22 heavy (non-hydrogen) atoms. The van der Waals surface area contributed by atoms with Crippen LogP contribution in [0.25, 0.3) is 0 Å². The lowest BCUT2D eigenvalue weighted by molar-refractivity contribution is -0.124. The highest BCUT2D eigenvalue weighted by molar-refractivity contribution is 5.82. The van der Waals surface area contributed by atoms with E-state index in [0.717, 1.165) is 57.9 Å². The molecule has 2 fully saturated rings. The summed E-state index contributed by atoms with van der Waals surface area (Å²) in [6.45, 7) is 6.42. The van der Waals surface area contributed by atoms with E-state index in [0.29, 0.717) is 12.2 Å². The minimum Gasteiger partial charge on any atom is -0.444 e. The van der Waals surface area contributed by atoms with Gasteiger partial charge in [-0.2, -0.15) is 0 Å². The quantitative estimate of drug-likeness (QED) is 0.678. The average molecular weight is 309 g/mol. The Morgan fingerprint density at radius 3 is 2.45 bits per heavy atom. The molecule has 1 aliphatic heterocycles. The molecule has 4 heteroatoms. The number of ether oxygens (including phenoxy) is 1. The average Bonchev–Trinajstić information content (AvgIpc) is 2.76. The molecule has 2 unspecified atom stereocenters. The summed E-state index contributed by atoms with van der Waals surface area (Å²) in [5.41, 5.74) is -0.485. The number of hydrogen-bond donors (Lipinski definition) is 0. The van der Waals surface area contributed by atoms with E-state index in [4.69, 9.17) is 4.74 Å². The Kier molecular flexibility index (Phi) is 5.87. The highest BCUT2D eigenvalue weighted by Crippen LogP contribution is 2.31. The summed E-state index contributed by atoms with van der Waals surface area (Å²) in [6.07, 6.45) is 8.82. The van der Waals surface area contributed by atoms with Crippen molar-refractivity contribution >= 4 is 11.9 Å². The monoisotopic (exact) mass is 309 g/mol. The van der Waals surface area contributed by atoms with Gasteiger partial charge in [0.05, 0.1) is 0 Å². The van der Waals surface area contributed by atoms with Gasteiger partial charge < -0.3 is 9.64 Å². The predicted octanol–water partition coefficient (Wildman–Crippen LogP) is 4.32. The van der Waals surface area contributed by atoms with Gasteiger partial charge >= 0.3 is 6.09 Å². The molecule has 0 bridgehead atoms. The first-order valence-electron chi connectivity index (χ1n) is 8.91. The summed E-state index contributed by atoms with van der Waals surface area (Å²) in [4.78, 5) is 27.0. The van der Waals surface area contributed by atoms with E-state index >= 15 is 0 Å². The van der Waals surface area contributed by atoms with E-state index in [9.17, 15) is 9.59 Å². The van der Waals surface area contributed by atoms with Crippen LogP contribution in [0.2, 0.25) is 0 Å². The maximum Gasteiger partial charge on any atom is 0.410 e. The summed E-state index contributed by atoms with van der Waals surface area (Å²) in [5, 5.41) is 0. The third-order valence-corrected chi connectivity index (χ3v) is 4.74. The van der Waals surface area contributed by atoms with Crippen LogP contribution in [0.3, 0.4) is 0 Å². The van der Waals surface area contributed by atoms with Crippen LogP contribution >= 0.6 is 0 Å². The van der Waals surface area contributed by atoms with Crippen molar-refractivity contribution in [2.24, 2.45) is 5.92 Å². The molecule has 0 aromatic heterocycles. The number of rotatable bonds is 1. The fourth-order valence-electron chi connectivity index (χ4n) is 3.69. The van der Waals surface area contributed by atoms with Crippen molar-refractivity contribution < 1.29 is 14.3 Å². The maximum atomic E-state index is 12.6. The van der Waals surface area contributed by atoms with Gasteiger partial charge in [-0.1, -0.05) is 25.7 Å². The molecule has 0 radical (unpaired) electrons. The molecular formula is C18H31NO3. The summed E-state index contributed by atoms with van der Waals surface area (Å²) in [7, 11) is 0. The van der Waals surface area contributed by atoms with Gasteiger partial charge in [0.2, 0.25) is 0 Å². The first-order valence-corrected chi connectivity index (χ1v) is 8.91. The number of amides is 1. The van der Waals surface area contributed by atoms with Crippen LogP contribution in [-0.2, 0) is 9.53 Å². The molecule has 0 spiro atoms. The molecule has 4 nitrogen and oxygen atoms in total. The standard InChI is InChI=1S/C18H31NO3/c1-18(2,3)22-17(21)19-13-9-5-7-11-15(19)14-10-6-4-8-12-16(14)20/h14-15H,4-13H2,1-3H3. The fraction of sp³-hybridized carbons (Fsp3) is 0.889. The molecule has 1 saturated carbocycles. The summed E-state index contributed by atoms with van der Waals surface area (Å²) >= 11 is 0. The van der Waals surface area contributed by atoms with Crippen molar-refractivity contribution in [2.75, 3.05) is 6.54 Å². The predicted molar refractivity (Wildman–Crippen MR) is 86.8 cm³/mol. The third-order valence-electron chi connectivity index (χ3n) is 4.74. The van der Waals surface area contributed by atoms with E-state index < -0.39 is 5.60 Å². The topological polar surface area (TPSA) is 46.6 Å². The lowest BCUT2D eigenvalue weighted by atomic mass is 9.87. The molecule has 0 aromatic rings. The number of carbonyl (C=O) groups is 2. The second kappa shape index (κ2) is 7.47. The number of likely N-dealkylation sites (tertiary alicyclic amines) is 1. The van der Waals surface area contributed by atoms with Crippen molar-refractivity contribution in [3.05, 3.63) is 0 Å². The number of ketones is 1. The molecular weight excluding hydrogens is 278 g/mol. The second-order valence-corrected chi connectivity index (χ2v) is 7.76. The summed E-state index contributed by atoms with van der Waals surface area (Å²) < 4.78 is 5.60. The molecule has 0 aromatic carbocycles. The van der Waals surface area contributed by atoms with Crippen molar-refractivity contribution in [2.45, 2.75) is 90.2 Å². The molecule has 126 valence electrons. The summed E-state index contributed by atoms with van der Waals surface area (Å²) in [6, 6.07) is 0.0444. The first-order chi connectivity index (χ1) is 10.4. The van der Waals surface area contributed by atoms with E-state index in [1.54, 1.807) is 0 Å². The zero-order valence-electron chi connectivity index (χ0n) is 14.4. The Labute approximate surface area is 134 Å². The fourth-order valence-corrected chi connectivity index (χ4v) is 3.69. The number of hydrogen-bond acceptors (Lipinski definition) is 3. The summed E-state index contributed by atoms with van der Waals surface area (Å²) in [5.74, 6) is 0.381. The first kappa shape index (κ1) is 17.3. The molecule has 2 aliphatic rings. The van der Waals surface area contributed by atoms with Gasteiger partial charge in [0.15, 0.2) is 0 Å². The minimum atomic E-state index is -0.485. The SMILES string of the molecule is CC(C)(C)OC(=O)N1CCCCCC1C1CCCCCC1=O. The molecule has 0 N–H and O–H groups in total. The van der Waals surface area contributed by atoms with Gasteiger partial charge in [0.25, 0.3) is 0 Å². The second-order valence-electron chi connectivity index (χ2n) is 7.76. The number of nitrogens with zero attached hydrogens (tertiary/aromatic N) is 1. The van der Waals surface area contributed by atoms with Gasteiger partial charge in [0, 0.05) is 24.9 Å². The molecule has 1 amide bonds. The van der Waals surface area contributed by atoms with Gasteiger partial charge in [-0.05, 0) is 46.5 Å². The van der Waals surface area contributed by atoms with Gasteiger partial charge in [-0.3, -0.25) is 4.79 Å². The molecule has 1 heterocycles. The van der Waals surface area contributed by atoms with E-state index in [-0.39, 0.29) is 18.1 Å². The van der Waals surface area contributed by atoms with E-state index in [1.807, 2.05) is 25.7 Å². The molecule has 2 atom stereocenters. The highest BCUT2D eigenvalue weighted by Gasteiger charge is 2.37. The smallest absolute Gasteiger partial charge is 0.410 e. The van der Waals surface area contributed by atoms with Gasteiger partial charge in [-0.25, -0.2) is 4.79 Å². The molecule has 1 saturated heterocycles. The Morgan fingerprint density at radius 1 is 1.05 bits per heavy atom. The zero-order valence-corrected chi connectivity index (χ0v) is 14.4. The van der Waals surface area contributed by atoms with Gasteiger partial charge in [-0.15, -0.1) is 0 Å². The molecule has 1 aliphatic carbocycles. The van der Waals surface area contributed by atoms with Crippen molar-refractivity contribution in [3.8, 4) is 0 Å². The van der Waals surface area contributed by atoms with Crippen LogP contribution in [0.4, 0.5) is 4.79 Å². The van der Waals surface area contributed by atoms with Crippen LogP contribution in [0.1, 0.15) is 78.6 Å². The normalized spacial score (nSPS) is 28.0. The van der Waals surface area contributed by atoms with E-state index in [2.05, 4.69) is 0 Å². The third kappa shape index (κ3) is 4.72. The Bertz CT molecular complexity index is 400. The lowest BCUT2D eigenvalue weighted by Gasteiger charge is -2.36. The Balaban J connectivity index is 2.15. The van der Waals surface area contributed by atoms with Crippen LogP contribution in [-0.4, -0.2) is 35.0 Å². The Hall–Kier alpha value is -1.06. The van der Waals surface area contributed by atoms with Crippen molar-refractivity contribution in [3.63, 3.8) is 0 Å². The molecule has 2 rings (SSSR count). The zero-order chi connectivity index (χ0) is 16.2. The Morgan fingerprint density at radius 2 is 1.73 bits per heavy atom. The minimum absolute atomic E-state index is 0.0214. The highest BCUT2D eigenvalue weighted by atomic mass is 16.6. The van der Waals surface area contributed by atoms with Gasteiger partial charge in [0.1, 0.15) is 11.4 Å². The van der Waals surface area contributed by atoms with Crippen LogP contribution in [0.15, 0.2) is 0 Å². The lowest BCUT2D eigenvalue weighted by Crippen LogP contribution is -2.48. The van der Waals surface area contributed by atoms with Crippen molar-refractivity contribution in [1.82, 2.24) is 4.90 Å².